The summed E-state index contributed by atoms with van der Waals surface area (Å²) >= 11 is 0. The first-order valence-electron chi connectivity index (χ1n) is 5.87. The second-order valence-electron chi connectivity index (χ2n) is 4.23. The summed E-state index contributed by atoms with van der Waals surface area (Å²) in [6, 6.07) is 7.97. The number of carbonyl (C=O) groups is 1. The molecule has 94 valence electrons. The highest BCUT2D eigenvalue weighted by Gasteiger charge is 2.00. The van der Waals surface area contributed by atoms with Gasteiger partial charge in [-0.3, -0.25) is 10.2 Å². The Morgan fingerprint density at radius 2 is 2.00 bits per heavy atom. The van der Waals surface area contributed by atoms with E-state index in [2.05, 4.69) is 5.43 Å². The van der Waals surface area contributed by atoms with Crippen LogP contribution in [-0.4, -0.2) is 12.0 Å². The van der Waals surface area contributed by atoms with Crippen molar-refractivity contribution in [3.05, 3.63) is 29.8 Å². The minimum atomic E-state index is -0.121. The van der Waals surface area contributed by atoms with Crippen molar-refractivity contribution in [2.24, 2.45) is 5.84 Å². The first-order chi connectivity index (χ1) is 8.11. The molecule has 0 saturated carbocycles. The molecule has 1 amide bonds. The van der Waals surface area contributed by atoms with Crippen LogP contribution in [0.4, 0.5) is 0 Å². The fourth-order valence-electron chi connectivity index (χ4n) is 1.53. The lowest BCUT2D eigenvalue weighted by atomic mass is 10.1. The van der Waals surface area contributed by atoms with Crippen LogP contribution in [0.3, 0.4) is 0 Å². The number of hydrazine groups is 1. The van der Waals surface area contributed by atoms with Crippen molar-refractivity contribution in [3.8, 4) is 5.75 Å². The second-order valence-corrected chi connectivity index (χ2v) is 4.23. The molecule has 0 atom stereocenters. The van der Waals surface area contributed by atoms with Crippen LogP contribution in [0.1, 0.15) is 32.3 Å². The van der Waals surface area contributed by atoms with E-state index in [9.17, 15) is 4.79 Å². The summed E-state index contributed by atoms with van der Waals surface area (Å²) in [5.41, 5.74) is 3.32. The third kappa shape index (κ3) is 5.36. The molecule has 0 saturated heterocycles. The van der Waals surface area contributed by atoms with E-state index in [0.717, 1.165) is 18.6 Å². The van der Waals surface area contributed by atoms with Crippen molar-refractivity contribution < 1.29 is 9.53 Å². The van der Waals surface area contributed by atoms with Gasteiger partial charge in [-0.15, -0.1) is 0 Å². The van der Waals surface area contributed by atoms with Crippen molar-refractivity contribution in [3.63, 3.8) is 0 Å². The largest absolute Gasteiger partial charge is 0.491 e. The number of benzene rings is 1. The number of nitrogens with one attached hydrogen (secondary N) is 1. The average Bonchev–Trinajstić information content (AvgIpc) is 2.30. The fourth-order valence-corrected chi connectivity index (χ4v) is 1.53. The molecule has 0 aliphatic heterocycles. The quantitative estimate of drug-likeness (QED) is 0.449. The highest BCUT2D eigenvalue weighted by molar-refractivity contribution is 5.75. The van der Waals surface area contributed by atoms with Gasteiger partial charge in [0.1, 0.15) is 5.75 Å². The molecular weight excluding hydrogens is 216 g/mol. The summed E-state index contributed by atoms with van der Waals surface area (Å²) in [6.07, 6.45) is 2.32. The minimum Gasteiger partial charge on any atom is -0.491 e. The number of aryl methyl sites for hydroxylation is 1. The second kappa shape index (κ2) is 6.91. The van der Waals surface area contributed by atoms with Gasteiger partial charge in [-0.05, 0) is 44.4 Å². The Balaban J connectivity index is 2.37. The van der Waals surface area contributed by atoms with Gasteiger partial charge in [0.05, 0.1) is 6.10 Å². The molecular formula is C13H20N2O2. The standard InChI is InChI=1S/C13H20N2O2/c1-10(2)17-12-8-6-11(7-9-12)4-3-5-13(16)15-14/h6-10H,3-5,14H2,1-2H3,(H,15,16). The molecule has 0 aliphatic carbocycles. The van der Waals surface area contributed by atoms with Crippen molar-refractivity contribution in [2.45, 2.75) is 39.2 Å². The summed E-state index contributed by atoms with van der Waals surface area (Å²) in [6.45, 7) is 4.00. The lowest BCUT2D eigenvalue weighted by Crippen LogP contribution is -2.29. The normalized spacial score (nSPS) is 10.4. The van der Waals surface area contributed by atoms with Gasteiger partial charge >= 0.3 is 0 Å². The van der Waals surface area contributed by atoms with E-state index in [1.54, 1.807) is 0 Å². The molecule has 0 aromatic heterocycles. The van der Waals surface area contributed by atoms with Crippen LogP contribution in [0.25, 0.3) is 0 Å². The third-order valence-corrected chi connectivity index (χ3v) is 2.33. The monoisotopic (exact) mass is 236 g/mol. The molecule has 4 heteroatoms. The maximum absolute atomic E-state index is 10.9. The molecule has 0 fully saturated rings. The van der Waals surface area contributed by atoms with Crippen LogP contribution < -0.4 is 16.0 Å². The molecule has 0 aliphatic rings. The van der Waals surface area contributed by atoms with E-state index in [1.807, 2.05) is 38.1 Å². The van der Waals surface area contributed by atoms with Crippen LogP contribution in [0.2, 0.25) is 0 Å². The number of hydrogen-bond acceptors (Lipinski definition) is 3. The zero-order valence-corrected chi connectivity index (χ0v) is 10.4. The molecule has 1 aromatic rings. The molecule has 4 nitrogen and oxygen atoms in total. The molecule has 0 radical (unpaired) electrons. The number of nitrogens with two attached hydrogens (primary N) is 1. The Hall–Kier alpha value is -1.55. The van der Waals surface area contributed by atoms with E-state index in [-0.39, 0.29) is 12.0 Å². The lowest BCUT2D eigenvalue weighted by Gasteiger charge is -2.10. The number of carbonyl (C=O) groups excluding carboxylic acids is 1. The molecule has 17 heavy (non-hydrogen) atoms. The van der Waals surface area contributed by atoms with Crippen LogP contribution >= 0.6 is 0 Å². The van der Waals surface area contributed by atoms with Gasteiger partial charge in [0.25, 0.3) is 0 Å². The molecule has 0 heterocycles. The van der Waals surface area contributed by atoms with Crippen LogP contribution in [0, 0.1) is 0 Å². The zero-order chi connectivity index (χ0) is 12.7. The molecule has 1 rings (SSSR count). The molecule has 0 spiro atoms. The maximum Gasteiger partial charge on any atom is 0.233 e. The van der Waals surface area contributed by atoms with Gasteiger partial charge in [-0.2, -0.15) is 0 Å². The smallest absolute Gasteiger partial charge is 0.233 e. The number of rotatable bonds is 6. The maximum atomic E-state index is 10.9. The van der Waals surface area contributed by atoms with Crippen molar-refractivity contribution >= 4 is 5.91 Å². The number of hydrogen-bond donors (Lipinski definition) is 2. The first-order valence-corrected chi connectivity index (χ1v) is 5.87. The zero-order valence-electron chi connectivity index (χ0n) is 10.4. The van der Waals surface area contributed by atoms with E-state index in [1.165, 1.54) is 5.56 Å². The van der Waals surface area contributed by atoms with Gasteiger partial charge in [0, 0.05) is 6.42 Å². The summed E-state index contributed by atoms with van der Waals surface area (Å²) in [7, 11) is 0. The Morgan fingerprint density at radius 3 is 2.53 bits per heavy atom. The topological polar surface area (TPSA) is 64.3 Å². The van der Waals surface area contributed by atoms with Crippen molar-refractivity contribution in [1.82, 2.24) is 5.43 Å². The minimum absolute atomic E-state index is 0.121. The molecule has 0 bridgehead atoms. The van der Waals surface area contributed by atoms with Gasteiger partial charge in [-0.1, -0.05) is 12.1 Å². The van der Waals surface area contributed by atoms with Crippen molar-refractivity contribution in [2.75, 3.05) is 0 Å². The van der Waals surface area contributed by atoms with Crippen LogP contribution in [-0.2, 0) is 11.2 Å². The SMILES string of the molecule is CC(C)Oc1ccc(CCCC(=O)NN)cc1. The molecule has 1 aromatic carbocycles. The summed E-state index contributed by atoms with van der Waals surface area (Å²) < 4.78 is 5.55. The van der Waals surface area contributed by atoms with Crippen LogP contribution in [0.15, 0.2) is 24.3 Å². The third-order valence-electron chi connectivity index (χ3n) is 2.33. The van der Waals surface area contributed by atoms with Crippen molar-refractivity contribution in [1.29, 1.82) is 0 Å². The summed E-state index contributed by atoms with van der Waals surface area (Å²) in [4.78, 5) is 10.9. The Labute approximate surface area is 102 Å². The van der Waals surface area contributed by atoms with Gasteiger partial charge < -0.3 is 4.74 Å². The number of amides is 1. The Kier molecular flexibility index (Phi) is 5.49. The highest BCUT2D eigenvalue weighted by Crippen LogP contribution is 2.15. The Morgan fingerprint density at radius 1 is 1.35 bits per heavy atom. The lowest BCUT2D eigenvalue weighted by molar-refractivity contribution is -0.121. The average molecular weight is 236 g/mol. The highest BCUT2D eigenvalue weighted by atomic mass is 16.5. The summed E-state index contributed by atoms with van der Waals surface area (Å²) in [5, 5.41) is 0. The number of ether oxygens (including phenoxy) is 1. The predicted molar refractivity (Wildman–Crippen MR) is 67.5 cm³/mol. The van der Waals surface area contributed by atoms with E-state index < -0.39 is 0 Å². The van der Waals surface area contributed by atoms with E-state index in [4.69, 9.17) is 10.6 Å². The Bertz CT molecular complexity index is 347. The van der Waals surface area contributed by atoms with E-state index in [0.29, 0.717) is 6.42 Å². The van der Waals surface area contributed by atoms with Gasteiger partial charge in [0.15, 0.2) is 0 Å². The first kappa shape index (κ1) is 13.5. The van der Waals surface area contributed by atoms with Gasteiger partial charge in [0.2, 0.25) is 5.91 Å². The fraction of sp³-hybridized carbons (Fsp3) is 0.462. The summed E-state index contributed by atoms with van der Waals surface area (Å²) in [5.74, 6) is 5.76. The molecule has 3 N–H and O–H groups in total. The predicted octanol–water partition coefficient (Wildman–Crippen LogP) is 1.79. The van der Waals surface area contributed by atoms with E-state index >= 15 is 0 Å². The van der Waals surface area contributed by atoms with Gasteiger partial charge in [-0.25, -0.2) is 5.84 Å². The van der Waals surface area contributed by atoms with Crippen LogP contribution in [0.5, 0.6) is 5.75 Å². The molecule has 0 unspecified atom stereocenters.